The third-order valence-electron chi connectivity index (χ3n) is 4.56. The average molecular weight is 398 g/mol. The molecule has 4 aromatic rings. The Bertz CT molecular complexity index is 1240. The molecule has 4 rings (SSSR count). The average Bonchev–Trinajstić information content (AvgIpc) is 2.92. The second-order valence-corrected chi connectivity index (χ2v) is 8.14. The summed E-state index contributed by atoms with van der Waals surface area (Å²) in [5.41, 5.74) is 3.39. The number of aromatic nitrogens is 1. The lowest BCUT2D eigenvalue weighted by atomic mass is 9.99. The van der Waals surface area contributed by atoms with E-state index in [1.165, 1.54) is 0 Å². The number of aryl methyl sites for hydroxylation is 2. The predicted octanol–water partition coefficient (Wildman–Crippen LogP) is 5.61. The van der Waals surface area contributed by atoms with Gasteiger partial charge in [-0.15, -0.1) is 11.3 Å². The standard InChI is InChI=1S/C21H16ClNO3S/c1-10-3-6-12(7-4-10)15-18(25)17-16(13-8-5-11(2)9-14(13)24)19(22)27-21(17)23-20(15)26/h3-9,24H,1-2H3,(H2,23,25,26). The minimum Gasteiger partial charge on any atom is -0.507 e. The highest BCUT2D eigenvalue weighted by molar-refractivity contribution is 7.23. The van der Waals surface area contributed by atoms with Crippen molar-refractivity contribution in [3.8, 4) is 33.8 Å². The van der Waals surface area contributed by atoms with Gasteiger partial charge < -0.3 is 15.2 Å². The Morgan fingerprint density at radius 1 is 0.963 bits per heavy atom. The van der Waals surface area contributed by atoms with Gasteiger partial charge in [0.2, 0.25) is 0 Å². The van der Waals surface area contributed by atoms with Gasteiger partial charge >= 0.3 is 0 Å². The van der Waals surface area contributed by atoms with E-state index in [9.17, 15) is 15.0 Å². The molecule has 2 aromatic heterocycles. The Kier molecular flexibility index (Phi) is 4.21. The molecule has 0 aliphatic heterocycles. The lowest BCUT2D eigenvalue weighted by Gasteiger charge is -2.09. The van der Waals surface area contributed by atoms with Crippen LogP contribution in [0.15, 0.2) is 47.3 Å². The number of rotatable bonds is 2. The van der Waals surface area contributed by atoms with Crippen molar-refractivity contribution in [2.24, 2.45) is 0 Å². The number of H-pyrrole nitrogens is 1. The zero-order chi connectivity index (χ0) is 19.3. The molecular weight excluding hydrogens is 382 g/mol. The van der Waals surface area contributed by atoms with Crippen LogP contribution >= 0.6 is 22.9 Å². The molecule has 0 saturated carbocycles. The van der Waals surface area contributed by atoms with Crippen LogP contribution in [0.3, 0.4) is 0 Å². The first-order valence-electron chi connectivity index (χ1n) is 8.31. The second kappa shape index (κ2) is 6.44. The van der Waals surface area contributed by atoms with Crippen LogP contribution in [0.2, 0.25) is 4.34 Å². The Morgan fingerprint density at radius 3 is 2.30 bits per heavy atom. The van der Waals surface area contributed by atoms with Crippen molar-refractivity contribution in [3.05, 3.63) is 68.3 Å². The smallest absolute Gasteiger partial charge is 0.260 e. The molecule has 2 heterocycles. The molecule has 0 amide bonds. The molecule has 0 bridgehead atoms. The van der Waals surface area contributed by atoms with Crippen LogP contribution in [0.5, 0.6) is 11.5 Å². The zero-order valence-corrected chi connectivity index (χ0v) is 16.2. The number of phenols is 1. The number of halogens is 1. The highest BCUT2D eigenvalue weighted by Gasteiger charge is 2.23. The monoisotopic (exact) mass is 397 g/mol. The van der Waals surface area contributed by atoms with Gasteiger partial charge in [-0.1, -0.05) is 53.6 Å². The van der Waals surface area contributed by atoms with Crippen molar-refractivity contribution in [2.45, 2.75) is 13.8 Å². The van der Waals surface area contributed by atoms with Crippen molar-refractivity contribution in [3.63, 3.8) is 0 Å². The molecule has 0 unspecified atom stereocenters. The summed E-state index contributed by atoms with van der Waals surface area (Å²) in [7, 11) is 0. The Morgan fingerprint density at radius 2 is 1.63 bits per heavy atom. The molecule has 6 heteroatoms. The molecule has 0 saturated heterocycles. The van der Waals surface area contributed by atoms with Crippen LogP contribution < -0.4 is 5.56 Å². The largest absolute Gasteiger partial charge is 0.507 e. The Labute approximate surface area is 164 Å². The van der Waals surface area contributed by atoms with Crippen LogP contribution in [0, 0.1) is 13.8 Å². The van der Waals surface area contributed by atoms with Crippen LogP contribution in [-0.4, -0.2) is 15.2 Å². The summed E-state index contributed by atoms with van der Waals surface area (Å²) in [4.78, 5) is 15.9. The van der Waals surface area contributed by atoms with Crippen LogP contribution in [0.4, 0.5) is 0 Å². The first kappa shape index (κ1) is 17.6. The number of fused-ring (bicyclic) bond motifs is 1. The van der Waals surface area contributed by atoms with Crippen molar-refractivity contribution in [2.75, 3.05) is 0 Å². The van der Waals surface area contributed by atoms with E-state index in [0.29, 0.717) is 31.2 Å². The third-order valence-corrected chi connectivity index (χ3v) is 5.87. The highest BCUT2D eigenvalue weighted by Crippen LogP contribution is 2.48. The topological polar surface area (TPSA) is 73.3 Å². The summed E-state index contributed by atoms with van der Waals surface area (Å²) in [6, 6.07) is 12.6. The minimum absolute atomic E-state index is 0.0686. The summed E-state index contributed by atoms with van der Waals surface area (Å²) in [6.07, 6.45) is 0. The molecular formula is C21H16ClNO3S. The van der Waals surface area contributed by atoms with Gasteiger partial charge in [0.05, 0.1) is 10.9 Å². The maximum absolute atomic E-state index is 12.6. The number of benzene rings is 2. The van der Waals surface area contributed by atoms with E-state index in [-0.39, 0.29) is 22.6 Å². The normalized spacial score (nSPS) is 11.2. The summed E-state index contributed by atoms with van der Waals surface area (Å²) in [5, 5.41) is 21.8. The third kappa shape index (κ3) is 2.89. The van der Waals surface area contributed by atoms with Crippen LogP contribution in [0.1, 0.15) is 11.1 Å². The van der Waals surface area contributed by atoms with Gasteiger partial charge in [0.1, 0.15) is 20.7 Å². The lowest BCUT2D eigenvalue weighted by Crippen LogP contribution is -2.08. The number of hydrogen-bond donors (Lipinski definition) is 3. The van der Waals surface area contributed by atoms with Crippen molar-refractivity contribution in [1.82, 2.24) is 4.98 Å². The quantitative estimate of drug-likeness (QED) is 0.412. The van der Waals surface area contributed by atoms with Crippen molar-refractivity contribution < 1.29 is 10.2 Å². The molecule has 0 radical (unpaired) electrons. The summed E-state index contributed by atoms with van der Waals surface area (Å²) >= 11 is 7.59. The number of thiophene rings is 1. The van der Waals surface area contributed by atoms with E-state index in [0.717, 1.165) is 22.5 Å². The molecule has 27 heavy (non-hydrogen) atoms. The first-order chi connectivity index (χ1) is 12.9. The van der Waals surface area contributed by atoms with Gasteiger partial charge in [-0.2, -0.15) is 0 Å². The summed E-state index contributed by atoms with van der Waals surface area (Å²) < 4.78 is 0.385. The van der Waals surface area contributed by atoms with Gasteiger partial charge in [0.15, 0.2) is 0 Å². The zero-order valence-electron chi connectivity index (χ0n) is 14.6. The molecule has 0 spiro atoms. The number of aromatic amines is 1. The van der Waals surface area contributed by atoms with Crippen molar-refractivity contribution in [1.29, 1.82) is 0 Å². The second-order valence-electron chi connectivity index (χ2n) is 6.52. The highest BCUT2D eigenvalue weighted by atomic mass is 35.5. The molecule has 0 atom stereocenters. The van der Waals surface area contributed by atoms with Gasteiger partial charge in [0, 0.05) is 11.1 Å². The Hall–Kier alpha value is -2.76. The molecule has 0 aliphatic rings. The molecule has 2 aromatic carbocycles. The number of pyridine rings is 1. The fraction of sp³-hybridized carbons (Fsp3) is 0.0952. The van der Waals surface area contributed by atoms with E-state index in [4.69, 9.17) is 11.6 Å². The minimum atomic E-state index is -0.388. The molecule has 4 nitrogen and oxygen atoms in total. The van der Waals surface area contributed by atoms with Gasteiger partial charge in [-0.25, -0.2) is 0 Å². The molecule has 0 aliphatic carbocycles. The SMILES string of the molecule is Cc1ccc(-c2c(O)c3c(-c4ccc(C)cc4O)c(Cl)sc3[nH]c2=O)cc1. The van der Waals surface area contributed by atoms with Crippen molar-refractivity contribution >= 4 is 33.2 Å². The lowest BCUT2D eigenvalue weighted by molar-refractivity contribution is 0.476. The van der Waals surface area contributed by atoms with E-state index in [1.54, 1.807) is 24.3 Å². The van der Waals surface area contributed by atoms with Gasteiger partial charge in [0.25, 0.3) is 5.56 Å². The summed E-state index contributed by atoms with van der Waals surface area (Å²) in [5.74, 6) is -0.0742. The summed E-state index contributed by atoms with van der Waals surface area (Å²) in [6.45, 7) is 3.83. The Balaban J connectivity index is 2.07. The van der Waals surface area contributed by atoms with E-state index in [2.05, 4.69) is 4.98 Å². The number of nitrogens with one attached hydrogen (secondary N) is 1. The fourth-order valence-corrected chi connectivity index (χ4v) is 4.56. The molecule has 136 valence electrons. The van der Waals surface area contributed by atoms with E-state index < -0.39 is 0 Å². The number of aromatic hydroxyl groups is 2. The molecule has 0 fully saturated rings. The fourth-order valence-electron chi connectivity index (χ4n) is 3.20. The number of phenolic OH excluding ortho intramolecular Hbond substituents is 1. The maximum atomic E-state index is 12.6. The van der Waals surface area contributed by atoms with E-state index >= 15 is 0 Å². The first-order valence-corrected chi connectivity index (χ1v) is 9.50. The van der Waals surface area contributed by atoms with Crippen LogP contribution in [-0.2, 0) is 0 Å². The van der Waals surface area contributed by atoms with Crippen LogP contribution in [0.25, 0.3) is 32.5 Å². The number of hydrogen-bond acceptors (Lipinski definition) is 4. The molecule has 3 N–H and O–H groups in total. The maximum Gasteiger partial charge on any atom is 0.260 e. The van der Waals surface area contributed by atoms with E-state index in [1.807, 2.05) is 32.0 Å². The predicted molar refractivity (Wildman–Crippen MR) is 111 cm³/mol. The van der Waals surface area contributed by atoms with Gasteiger partial charge in [-0.05, 0) is 31.0 Å². The van der Waals surface area contributed by atoms with Gasteiger partial charge in [-0.3, -0.25) is 4.79 Å².